The Balaban J connectivity index is -0.0000000150. The molecule has 2 radical (unpaired) electrons. The third kappa shape index (κ3) is 31.7. The van der Waals surface area contributed by atoms with E-state index >= 15 is 0 Å². The number of hydrogen-bond acceptors (Lipinski definition) is 1. The van der Waals surface area contributed by atoms with Crippen LogP contribution in [-0.4, -0.2) is 29.6 Å². The van der Waals surface area contributed by atoms with Gasteiger partial charge >= 0.3 is 60.6 Å². The number of nitrogens with zero attached hydrogens (tertiary/aromatic N) is 1. The number of rotatable bonds is 0. The summed E-state index contributed by atoms with van der Waals surface area (Å²) in [6.45, 7) is 0. The average Bonchev–Trinajstić information content (AvgIpc) is 1.37. The number of hydrogen-bond donors (Lipinski definition) is 0. The van der Waals surface area contributed by atoms with Crippen molar-refractivity contribution in [3.63, 3.8) is 0 Å². The molecule has 0 saturated heterocycles. The van der Waals surface area contributed by atoms with E-state index in [2.05, 4.69) is 0 Å². The Labute approximate surface area is 93.4 Å². The van der Waals surface area contributed by atoms with Gasteiger partial charge in [-0.3, -0.25) is 0 Å². The Kier molecular flexibility index (Phi) is 80.2. The summed E-state index contributed by atoms with van der Waals surface area (Å²) in [6, 6.07) is 0. The molecule has 0 atom stereocenters. The second-order valence-electron chi connectivity index (χ2n) is 0.256. The second kappa shape index (κ2) is 24.4. The fourth-order valence-corrected chi connectivity index (χ4v) is 0. The molecule has 0 N–H and O–H groups in total. The predicted molar refractivity (Wildman–Crippen MR) is 18.6 cm³/mol. The molecule has 0 aromatic carbocycles. The molecule has 7 heavy (non-hydrogen) atoms. The van der Waals surface area contributed by atoms with E-state index in [0.29, 0.717) is 15.0 Å². The van der Waals surface area contributed by atoms with Crippen molar-refractivity contribution in [2.45, 2.75) is 5.82 Å². The molecule has 0 fully saturated rings. The summed E-state index contributed by atoms with van der Waals surface area (Å²) >= 11 is 0.625. The van der Waals surface area contributed by atoms with E-state index in [1.54, 1.807) is 0 Å². The van der Waals surface area contributed by atoms with Gasteiger partial charge in [0.2, 0.25) is 0 Å². The van der Waals surface area contributed by atoms with Gasteiger partial charge in [-0.2, -0.15) is 0 Å². The van der Waals surface area contributed by atoms with Crippen molar-refractivity contribution in [3.8, 4) is 4.97 Å². The van der Waals surface area contributed by atoms with Crippen LogP contribution in [0.3, 0.4) is 0 Å². The van der Waals surface area contributed by atoms with E-state index in [0.717, 1.165) is 0 Å². The number of nitriles is 1. The summed E-state index contributed by atoms with van der Waals surface area (Å²) in [6.07, 6.45) is 0. The van der Waals surface area contributed by atoms with Gasteiger partial charge in [0.25, 0.3) is 0 Å². The molecule has 1 nitrogen and oxygen atoms in total. The first-order valence-electron chi connectivity index (χ1n) is 0.754. The Bertz CT molecular complexity index is 47.4. The fraction of sp³-hybridized carbons (Fsp3) is 0.500. The van der Waals surface area contributed by atoms with Gasteiger partial charge in [0, 0.05) is 34.1 Å². The van der Waals surface area contributed by atoms with Gasteiger partial charge in [-0.1, -0.05) is 0 Å². The third-order valence-electron chi connectivity index (χ3n) is 0.0791. The minimum atomic E-state index is 0. The van der Waals surface area contributed by atoms with Crippen molar-refractivity contribution < 1.29 is 49.1 Å². The van der Waals surface area contributed by atoms with Crippen molar-refractivity contribution in [2.75, 3.05) is 0 Å². The van der Waals surface area contributed by atoms with E-state index in [-0.39, 0.29) is 63.7 Å². The zero-order valence-electron chi connectivity index (χ0n) is 2.98. The molecule has 5 heteroatoms. The van der Waals surface area contributed by atoms with Gasteiger partial charge in [-0.15, -0.1) is 0 Å². The molecule has 0 spiro atoms. The average molecular weight is 239 g/mol. The first-order valence-corrected chi connectivity index (χ1v) is 2.41. The van der Waals surface area contributed by atoms with Crippen molar-refractivity contribution in [1.82, 2.24) is 0 Å². The molecule has 0 bridgehead atoms. The zero-order valence-corrected chi connectivity index (χ0v) is 6.21. The SMILES string of the molecule is [CH3][Fe][C]#N.[Cu].[Mn].[NaH]. The topological polar surface area (TPSA) is 23.8 Å². The van der Waals surface area contributed by atoms with Gasteiger partial charge in [0.05, 0.1) is 0 Å². The first-order chi connectivity index (χ1) is 1.91. The van der Waals surface area contributed by atoms with Crippen LogP contribution in [0.2, 0.25) is 5.82 Å². The van der Waals surface area contributed by atoms with E-state index in [1.165, 1.54) is 0 Å². The molecule has 44 valence electrons. The van der Waals surface area contributed by atoms with Crippen molar-refractivity contribution in [1.29, 1.82) is 5.26 Å². The minimum absolute atomic E-state index is 0. The molecule has 0 aliphatic rings. The summed E-state index contributed by atoms with van der Waals surface area (Å²) in [5.41, 5.74) is 0. The van der Waals surface area contributed by atoms with Gasteiger partial charge in [-0.25, -0.2) is 0 Å². The van der Waals surface area contributed by atoms with Crippen LogP contribution >= 0.6 is 0 Å². The van der Waals surface area contributed by atoms with E-state index in [9.17, 15) is 0 Å². The van der Waals surface area contributed by atoms with Gasteiger partial charge in [0.15, 0.2) is 0 Å². The standard InChI is InChI=1S/CN.CH3.Cu.Fe.Mn.Na.H/c1-2;;;;;;/h;1H3;;;;;. The van der Waals surface area contributed by atoms with Gasteiger partial charge < -0.3 is 0 Å². The van der Waals surface area contributed by atoms with Gasteiger partial charge in [0.1, 0.15) is 0 Å². The Morgan fingerprint density at radius 2 is 1.71 bits per heavy atom. The molecule has 0 aliphatic heterocycles. The van der Waals surface area contributed by atoms with Crippen LogP contribution in [0, 0.1) is 10.2 Å². The van der Waals surface area contributed by atoms with E-state index in [1.807, 2.05) is 10.8 Å². The predicted octanol–water partition coefficient (Wildman–Crippen LogP) is -0.0554. The summed E-state index contributed by atoms with van der Waals surface area (Å²) in [4.78, 5) is 1.93. The van der Waals surface area contributed by atoms with Crippen LogP contribution in [0.25, 0.3) is 0 Å². The maximum absolute atomic E-state index is 7.62. The molecule has 0 rings (SSSR count). The summed E-state index contributed by atoms with van der Waals surface area (Å²) in [5.74, 6) is 1.82. The van der Waals surface area contributed by atoms with Crippen LogP contribution in [0.5, 0.6) is 0 Å². The first kappa shape index (κ1) is 23.0. The van der Waals surface area contributed by atoms with Crippen molar-refractivity contribution in [2.24, 2.45) is 0 Å². The molecular formula is C2H4CuFeMnNNa. The van der Waals surface area contributed by atoms with Gasteiger partial charge in [-0.05, 0) is 0 Å². The summed E-state index contributed by atoms with van der Waals surface area (Å²) < 4.78 is 0. The molecule has 0 amide bonds. The second-order valence-corrected chi connectivity index (χ2v) is 1.05. The zero-order chi connectivity index (χ0) is 3.41. The third-order valence-corrected chi connectivity index (χ3v) is 0.326. The normalized spacial score (nSPS) is 3.43. The molecule has 0 saturated carbocycles. The fourth-order valence-electron chi connectivity index (χ4n) is 0. The van der Waals surface area contributed by atoms with Crippen molar-refractivity contribution >= 4 is 29.6 Å². The summed E-state index contributed by atoms with van der Waals surface area (Å²) in [7, 11) is 0. The quantitative estimate of drug-likeness (QED) is 0.544. The molecule has 0 aromatic rings. The van der Waals surface area contributed by atoms with E-state index in [4.69, 9.17) is 5.26 Å². The van der Waals surface area contributed by atoms with Crippen molar-refractivity contribution in [3.05, 3.63) is 0 Å². The van der Waals surface area contributed by atoms with Crippen LogP contribution in [-0.2, 0) is 49.1 Å². The Morgan fingerprint density at radius 1 is 1.57 bits per heavy atom. The Morgan fingerprint density at radius 3 is 1.71 bits per heavy atom. The Hall–Kier alpha value is 2.05. The maximum atomic E-state index is 7.62. The molecule has 0 unspecified atom stereocenters. The van der Waals surface area contributed by atoms with E-state index < -0.39 is 0 Å². The molecule has 0 aromatic heterocycles. The molecule has 0 heterocycles. The molecule has 0 aliphatic carbocycles. The van der Waals surface area contributed by atoms with Crippen LogP contribution in [0.1, 0.15) is 0 Å². The van der Waals surface area contributed by atoms with Crippen LogP contribution in [0.15, 0.2) is 0 Å². The summed E-state index contributed by atoms with van der Waals surface area (Å²) in [5, 5.41) is 7.62. The monoisotopic (exact) mass is 239 g/mol. The molecular weight excluding hydrogens is 235 g/mol. The van der Waals surface area contributed by atoms with Crippen LogP contribution < -0.4 is 0 Å². The van der Waals surface area contributed by atoms with Crippen LogP contribution in [0.4, 0.5) is 0 Å².